The highest BCUT2D eigenvalue weighted by Crippen LogP contribution is 2.40. The largest absolute Gasteiger partial charge is 0.454 e. The van der Waals surface area contributed by atoms with Crippen LogP contribution in [0.2, 0.25) is 0 Å². The van der Waals surface area contributed by atoms with Crippen LogP contribution in [0.1, 0.15) is 30.7 Å². The second-order valence-corrected chi connectivity index (χ2v) is 9.43. The van der Waals surface area contributed by atoms with E-state index >= 15 is 0 Å². The molecule has 0 unspecified atom stereocenters. The average molecular weight is 484 g/mol. The summed E-state index contributed by atoms with van der Waals surface area (Å²) in [6, 6.07) is 24.4. The molecule has 1 fully saturated rings. The van der Waals surface area contributed by atoms with Crippen molar-refractivity contribution in [1.82, 2.24) is 14.9 Å². The molecule has 0 atom stereocenters. The van der Waals surface area contributed by atoms with Gasteiger partial charge in [-0.25, -0.2) is 4.98 Å². The van der Waals surface area contributed by atoms with E-state index < -0.39 is 0 Å². The molecule has 3 aromatic carbocycles. The predicted octanol–water partition coefficient (Wildman–Crippen LogP) is 4.55. The van der Waals surface area contributed by atoms with Gasteiger partial charge in [0.05, 0.1) is 11.0 Å². The van der Waals surface area contributed by atoms with Crippen molar-refractivity contribution in [1.29, 1.82) is 0 Å². The van der Waals surface area contributed by atoms with Crippen molar-refractivity contribution in [3.05, 3.63) is 84.2 Å². The Hall–Kier alpha value is -3.84. The van der Waals surface area contributed by atoms with Crippen molar-refractivity contribution in [2.45, 2.75) is 31.1 Å². The van der Waals surface area contributed by atoms with Crippen LogP contribution in [-0.2, 0) is 21.4 Å². The molecule has 1 amide bonds. The molecule has 0 spiro atoms. The van der Waals surface area contributed by atoms with Crippen molar-refractivity contribution in [2.24, 2.45) is 0 Å². The Kier molecular flexibility index (Phi) is 6.07. The van der Waals surface area contributed by atoms with Gasteiger partial charge in [0.15, 0.2) is 11.5 Å². The van der Waals surface area contributed by atoms with Gasteiger partial charge in [-0.05, 0) is 54.8 Å². The molecule has 7 nitrogen and oxygen atoms in total. The summed E-state index contributed by atoms with van der Waals surface area (Å²) < 4.78 is 18.9. The normalized spacial score (nSPS) is 16.2. The van der Waals surface area contributed by atoms with Gasteiger partial charge >= 0.3 is 0 Å². The molecule has 2 aliphatic heterocycles. The minimum atomic E-state index is -0.188. The summed E-state index contributed by atoms with van der Waals surface area (Å²) in [6.45, 7) is 2.15. The molecule has 1 aromatic heterocycles. The SMILES string of the molecule is O=C(CCc1nc2ccccc2n1-c1ccccc1)NCC1(c2ccc3c(c2)OCO3)CCOCC1. The smallest absolute Gasteiger partial charge is 0.231 e. The third-order valence-corrected chi connectivity index (χ3v) is 7.28. The number of ether oxygens (including phenoxy) is 3. The van der Waals surface area contributed by atoms with Crippen LogP contribution in [0.15, 0.2) is 72.8 Å². The summed E-state index contributed by atoms with van der Waals surface area (Å²) in [6.07, 6.45) is 2.60. The Labute approximate surface area is 210 Å². The molecule has 1 saturated heterocycles. The predicted molar refractivity (Wildman–Crippen MR) is 137 cm³/mol. The number of carbonyl (C=O) groups excluding carboxylic acids is 1. The summed E-state index contributed by atoms with van der Waals surface area (Å²) >= 11 is 0. The number of carbonyl (C=O) groups is 1. The third kappa shape index (κ3) is 4.31. The van der Waals surface area contributed by atoms with Gasteiger partial charge < -0.3 is 19.5 Å². The van der Waals surface area contributed by atoms with Gasteiger partial charge in [0.2, 0.25) is 12.7 Å². The highest BCUT2D eigenvalue weighted by molar-refractivity contribution is 5.79. The molecule has 0 saturated carbocycles. The first-order valence-electron chi connectivity index (χ1n) is 12.5. The van der Waals surface area contributed by atoms with E-state index in [0.717, 1.165) is 52.4 Å². The fraction of sp³-hybridized carbons (Fsp3) is 0.310. The maximum absolute atomic E-state index is 13.1. The van der Waals surface area contributed by atoms with Crippen molar-refractivity contribution >= 4 is 16.9 Å². The number of para-hydroxylation sites is 3. The van der Waals surface area contributed by atoms with E-state index in [1.54, 1.807) is 0 Å². The van der Waals surface area contributed by atoms with Gasteiger partial charge in [-0.2, -0.15) is 0 Å². The van der Waals surface area contributed by atoms with Gasteiger partial charge in [0, 0.05) is 43.7 Å². The molecular weight excluding hydrogens is 454 g/mol. The van der Waals surface area contributed by atoms with Gasteiger partial charge in [-0.1, -0.05) is 36.4 Å². The van der Waals surface area contributed by atoms with E-state index in [4.69, 9.17) is 19.2 Å². The van der Waals surface area contributed by atoms with Crippen LogP contribution in [0.5, 0.6) is 11.5 Å². The van der Waals surface area contributed by atoms with Gasteiger partial charge in [-0.3, -0.25) is 9.36 Å². The molecule has 0 bridgehead atoms. The fourth-order valence-electron chi connectivity index (χ4n) is 5.25. The monoisotopic (exact) mass is 483 g/mol. The van der Waals surface area contributed by atoms with E-state index in [1.807, 2.05) is 42.5 Å². The van der Waals surface area contributed by atoms with Crippen molar-refractivity contribution in [2.75, 3.05) is 26.6 Å². The summed E-state index contributed by atoms with van der Waals surface area (Å²) in [5.41, 5.74) is 3.99. The summed E-state index contributed by atoms with van der Waals surface area (Å²) in [5.74, 6) is 2.44. The standard InChI is InChI=1S/C29H29N3O4/c33-28(13-12-27-31-23-8-4-5-9-24(23)32(27)22-6-2-1-3-7-22)30-19-29(14-16-34-17-15-29)21-10-11-25-26(18-21)36-20-35-25/h1-11,18H,12-17,19-20H2,(H,30,33). The number of hydrogen-bond acceptors (Lipinski definition) is 5. The Morgan fingerprint density at radius 3 is 2.58 bits per heavy atom. The van der Waals surface area contributed by atoms with Gasteiger partial charge in [-0.15, -0.1) is 0 Å². The van der Waals surface area contributed by atoms with E-state index in [2.05, 4.69) is 40.2 Å². The van der Waals surface area contributed by atoms with Crippen LogP contribution in [-0.4, -0.2) is 42.0 Å². The lowest BCUT2D eigenvalue weighted by Crippen LogP contribution is -2.44. The number of rotatable bonds is 7. The lowest BCUT2D eigenvalue weighted by atomic mass is 9.74. The topological polar surface area (TPSA) is 74.6 Å². The first-order valence-corrected chi connectivity index (χ1v) is 12.5. The molecule has 36 heavy (non-hydrogen) atoms. The Morgan fingerprint density at radius 2 is 1.72 bits per heavy atom. The highest BCUT2D eigenvalue weighted by Gasteiger charge is 2.36. The molecule has 6 rings (SSSR count). The third-order valence-electron chi connectivity index (χ3n) is 7.28. The van der Waals surface area contributed by atoms with E-state index in [1.165, 1.54) is 0 Å². The minimum Gasteiger partial charge on any atom is -0.454 e. The van der Waals surface area contributed by atoms with Crippen LogP contribution in [0.3, 0.4) is 0 Å². The first-order chi connectivity index (χ1) is 17.7. The molecule has 0 aliphatic carbocycles. The lowest BCUT2D eigenvalue weighted by Gasteiger charge is -2.38. The average Bonchev–Trinajstić information content (AvgIpc) is 3.56. The molecule has 0 radical (unpaired) electrons. The number of amides is 1. The number of fused-ring (bicyclic) bond motifs is 2. The number of imidazole rings is 1. The summed E-state index contributed by atoms with van der Waals surface area (Å²) in [5, 5.41) is 3.22. The minimum absolute atomic E-state index is 0.0216. The van der Waals surface area contributed by atoms with Crippen molar-refractivity contribution < 1.29 is 19.0 Å². The molecule has 7 heteroatoms. The number of aryl methyl sites for hydroxylation is 1. The van der Waals surface area contributed by atoms with Crippen LogP contribution in [0, 0.1) is 0 Å². The second kappa shape index (κ2) is 9.66. The zero-order valence-corrected chi connectivity index (χ0v) is 20.1. The van der Waals surface area contributed by atoms with E-state index in [9.17, 15) is 4.79 Å². The number of aromatic nitrogens is 2. The zero-order valence-electron chi connectivity index (χ0n) is 20.1. The van der Waals surface area contributed by atoms with Crippen LogP contribution < -0.4 is 14.8 Å². The number of nitrogens with one attached hydrogen (secondary N) is 1. The van der Waals surface area contributed by atoms with Crippen LogP contribution in [0.4, 0.5) is 0 Å². The van der Waals surface area contributed by atoms with Crippen molar-refractivity contribution in [3.8, 4) is 17.2 Å². The summed E-state index contributed by atoms with van der Waals surface area (Å²) in [4.78, 5) is 17.9. The van der Waals surface area contributed by atoms with Gasteiger partial charge in [0.1, 0.15) is 5.82 Å². The molecule has 3 heterocycles. The maximum Gasteiger partial charge on any atom is 0.231 e. The molecule has 4 aromatic rings. The Bertz CT molecular complexity index is 1380. The molecule has 184 valence electrons. The number of nitrogens with zero attached hydrogens (tertiary/aromatic N) is 2. The first kappa shape index (κ1) is 22.6. The van der Waals surface area contributed by atoms with E-state index in [-0.39, 0.29) is 18.1 Å². The highest BCUT2D eigenvalue weighted by atomic mass is 16.7. The second-order valence-electron chi connectivity index (χ2n) is 9.43. The Morgan fingerprint density at radius 1 is 0.944 bits per heavy atom. The molecule has 2 aliphatic rings. The van der Waals surface area contributed by atoms with Crippen LogP contribution >= 0.6 is 0 Å². The van der Waals surface area contributed by atoms with Crippen molar-refractivity contribution in [3.63, 3.8) is 0 Å². The summed E-state index contributed by atoms with van der Waals surface area (Å²) in [7, 11) is 0. The number of benzene rings is 3. The Balaban J connectivity index is 1.18. The lowest BCUT2D eigenvalue weighted by molar-refractivity contribution is -0.121. The van der Waals surface area contributed by atoms with Gasteiger partial charge in [0.25, 0.3) is 0 Å². The maximum atomic E-state index is 13.1. The molecular formula is C29H29N3O4. The van der Waals surface area contributed by atoms with Crippen LogP contribution in [0.25, 0.3) is 16.7 Å². The molecule has 1 N–H and O–H groups in total. The zero-order chi connectivity index (χ0) is 24.4. The number of hydrogen-bond donors (Lipinski definition) is 1. The quantitative estimate of drug-likeness (QED) is 0.417. The fourth-order valence-corrected chi connectivity index (χ4v) is 5.25. The van der Waals surface area contributed by atoms with E-state index in [0.29, 0.717) is 32.6 Å².